The highest BCUT2D eigenvalue weighted by Crippen LogP contribution is 2.25. The Morgan fingerprint density at radius 2 is 2.00 bits per heavy atom. The van der Waals surface area contributed by atoms with Gasteiger partial charge in [-0.15, -0.1) is 0 Å². The number of carbonyl (C=O) groups excluding carboxylic acids is 2. The van der Waals surface area contributed by atoms with E-state index in [4.69, 9.17) is 0 Å². The first-order chi connectivity index (χ1) is 12.1. The number of hydrogen-bond acceptors (Lipinski definition) is 2. The number of rotatable bonds is 5. The fraction of sp³-hybridized carbons (Fsp3) is 0.333. The minimum atomic E-state index is -0.117. The molecule has 0 bridgehead atoms. The van der Waals surface area contributed by atoms with Gasteiger partial charge in [-0.05, 0) is 30.5 Å². The van der Waals surface area contributed by atoms with E-state index in [1.165, 1.54) is 0 Å². The molecule has 1 N–H and O–H groups in total. The van der Waals surface area contributed by atoms with Crippen LogP contribution < -0.4 is 5.32 Å². The fourth-order valence-electron chi connectivity index (χ4n) is 3.36. The molecule has 0 aliphatic carbocycles. The number of likely N-dealkylation sites (tertiary alicyclic amines) is 1. The fourth-order valence-corrected chi connectivity index (χ4v) is 3.36. The highest BCUT2D eigenvalue weighted by molar-refractivity contribution is 6.01. The maximum absolute atomic E-state index is 12.8. The summed E-state index contributed by atoms with van der Waals surface area (Å²) < 4.78 is 0. The van der Waals surface area contributed by atoms with Crippen LogP contribution in [0.5, 0.6) is 0 Å². The first-order valence-corrected chi connectivity index (χ1v) is 8.83. The average molecular weight is 336 g/mol. The summed E-state index contributed by atoms with van der Waals surface area (Å²) in [5, 5.41) is 3.04. The summed E-state index contributed by atoms with van der Waals surface area (Å²) in [7, 11) is 0. The largest absolute Gasteiger partial charge is 0.347 e. The van der Waals surface area contributed by atoms with Crippen molar-refractivity contribution in [2.75, 3.05) is 13.1 Å². The van der Waals surface area contributed by atoms with Gasteiger partial charge in [-0.25, -0.2) is 0 Å². The molecule has 2 aromatic rings. The summed E-state index contributed by atoms with van der Waals surface area (Å²) in [5.41, 5.74) is 3.75. The van der Waals surface area contributed by atoms with Crippen molar-refractivity contribution >= 4 is 11.8 Å². The number of amides is 2. The van der Waals surface area contributed by atoms with E-state index >= 15 is 0 Å². The van der Waals surface area contributed by atoms with Gasteiger partial charge in [0.2, 0.25) is 5.91 Å². The predicted octanol–water partition coefficient (Wildman–Crippen LogP) is 3.40. The summed E-state index contributed by atoms with van der Waals surface area (Å²) in [6.45, 7) is 5.45. The lowest BCUT2D eigenvalue weighted by Gasteiger charge is -2.17. The third-order valence-electron chi connectivity index (χ3n) is 4.54. The van der Waals surface area contributed by atoms with Crippen molar-refractivity contribution in [3.8, 4) is 11.1 Å². The summed E-state index contributed by atoms with van der Waals surface area (Å²) in [4.78, 5) is 26.6. The molecule has 3 rings (SSSR count). The van der Waals surface area contributed by atoms with E-state index in [9.17, 15) is 9.59 Å². The molecule has 4 nitrogen and oxygen atoms in total. The molecule has 25 heavy (non-hydrogen) atoms. The second-order valence-corrected chi connectivity index (χ2v) is 6.63. The molecule has 2 amide bonds. The molecule has 0 unspecified atom stereocenters. The Balaban J connectivity index is 1.79. The van der Waals surface area contributed by atoms with Crippen LogP contribution in [0.15, 0.2) is 48.5 Å². The molecular weight excluding hydrogens is 312 g/mol. The highest BCUT2D eigenvalue weighted by Gasteiger charge is 2.30. The van der Waals surface area contributed by atoms with Crippen molar-refractivity contribution < 1.29 is 9.59 Å². The van der Waals surface area contributed by atoms with Crippen LogP contribution in [-0.2, 0) is 4.79 Å². The molecule has 1 aliphatic heterocycles. The highest BCUT2D eigenvalue weighted by atomic mass is 16.2. The molecule has 0 aromatic heterocycles. The Labute approximate surface area is 148 Å². The lowest BCUT2D eigenvalue weighted by atomic mass is 9.97. The van der Waals surface area contributed by atoms with Crippen molar-refractivity contribution in [3.63, 3.8) is 0 Å². The zero-order valence-corrected chi connectivity index (χ0v) is 14.8. The molecule has 1 saturated heterocycles. The lowest BCUT2D eigenvalue weighted by Crippen LogP contribution is -2.37. The Kier molecular flexibility index (Phi) is 5.17. The molecule has 1 heterocycles. The van der Waals surface area contributed by atoms with Gasteiger partial charge in [0.15, 0.2) is 0 Å². The Morgan fingerprint density at radius 3 is 2.76 bits per heavy atom. The molecular formula is C21H24N2O2. The molecule has 0 saturated carbocycles. The normalized spacial score (nSPS) is 17.0. The molecule has 2 aromatic carbocycles. The van der Waals surface area contributed by atoms with Crippen LogP contribution in [0.2, 0.25) is 0 Å². The second kappa shape index (κ2) is 7.51. The molecule has 1 atom stereocenters. The van der Waals surface area contributed by atoms with Gasteiger partial charge in [-0.2, -0.15) is 0 Å². The SMILES string of the molecule is CCCN1C[C@@H](NC(=O)c2ccccc2-c2cccc(C)c2)CC1=O. The van der Waals surface area contributed by atoms with E-state index in [-0.39, 0.29) is 17.9 Å². The van der Waals surface area contributed by atoms with Gasteiger partial charge < -0.3 is 10.2 Å². The van der Waals surface area contributed by atoms with Crippen LogP contribution in [0.3, 0.4) is 0 Å². The third kappa shape index (κ3) is 3.90. The quantitative estimate of drug-likeness (QED) is 0.910. The van der Waals surface area contributed by atoms with E-state index in [2.05, 4.69) is 18.3 Å². The molecule has 0 spiro atoms. The second-order valence-electron chi connectivity index (χ2n) is 6.63. The summed E-state index contributed by atoms with van der Waals surface area (Å²) in [6, 6.07) is 15.6. The minimum absolute atomic E-state index is 0.114. The summed E-state index contributed by atoms with van der Waals surface area (Å²) in [5.74, 6) is 0.00683. The average Bonchev–Trinajstić information content (AvgIpc) is 2.94. The van der Waals surface area contributed by atoms with Crippen LogP contribution in [-0.4, -0.2) is 35.8 Å². The van der Waals surface area contributed by atoms with Gasteiger partial charge in [0.05, 0.1) is 6.04 Å². The monoisotopic (exact) mass is 336 g/mol. The van der Waals surface area contributed by atoms with Crippen molar-refractivity contribution in [1.82, 2.24) is 10.2 Å². The van der Waals surface area contributed by atoms with E-state index < -0.39 is 0 Å². The van der Waals surface area contributed by atoms with Gasteiger partial charge in [0.25, 0.3) is 5.91 Å². The van der Waals surface area contributed by atoms with Crippen LogP contribution >= 0.6 is 0 Å². The van der Waals surface area contributed by atoms with E-state index in [0.717, 1.165) is 29.7 Å². The topological polar surface area (TPSA) is 49.4 Å². The molecule has 0 radical (unpaired) electrons. The van der Waals surface area contributed by atoms with Gasteiger partial charge in [-0.3, -0.25) is 9.59 Å². The molecule has 4 heteroatoms. The Bertz CT molecular complexity index is 785. The standard InChI is InChI=1S/C21H24N2O2/c1-3-11-23-14-17(13-20(23)24)22-21(25)19-10-5-4-9-18(19)16-8-6-7-15(2)12-16/h4-10,12,17H,3,11,13-14H2,1-2H3,(H,22,25)/t17-/m0/s1. The van der Waals surface area contributed by atoms with Crippen molar-refractivity contribution in [3.05, 3.63) is 59.7 Å². The molecule has 1 aliphatic rings. The number of hydrogen-bond donors (Lipinski definition) is 1. The maximum atomic E-state index is 12.8. The van der Waals surface area contributed by atoms with Gasteiger partial charge >= 0.3 is 0 Å². The Hall–Kier alpha value is -2.62. The predicted molar refractivity (Wildman–Crippen MR) is 99.4 cm³/mol. The minimum Gasteiger partial charge on any atom is -0.347 e. The van der Waals surface area contributed by atoms with Crippen molar-refractivity contribution in [2.45, 2.75) is 32.7 Å². The van der Waals surface area contributed by atoms with E-state index in [1.807, 2.05) is 54.3 Å². The van der Waals surface area contributed by atoms with Crippen molar-refractivity contribution in [1.29, 1.82) is 0 Å². The zero-order valence-electron chi connectivity index (χ0n) is 14.8. The van der Waals surface area contributed by atoms with Crippen LogP contribution in [0.4, 0.5) is 0 Å². The van der Waals surface area contributed by atoms with E-state index in [1.54, 1.807) is 0 Å². The maximum Gasteiger partial charge on any atom is 0.252 e. The van der Waals surface area contributed by atoms with Gasteiger partial charge in [0, 0.05) is 25.1 Å². The van der Waals surface area contributed by atoms with Crippen molar-refractivity contribution in [2.24, 2.45) is 0 Å². The molecule has 130 valence electrons. The number of aryl methyl sites for hydroxylation is 1. The number of nitrogens with one attached hydrogen (secondary N) is 1. The Morgan fingerprint density at radius 1 is 1.20 bits per heavy atom. The summed E-state index contributed by atoms with van der Waals surface area (Å²) >= 11 is 0. The number of nitrogens with zero attached hydrogens (tertiary/aromatic N) is 1. The molecule has 1 fully saturated rings. The van der Waals surface area contributed by atoms with Crippen LogP contribution in [0, 0.1) is 6.92 Å². The number of carbonyl (C=O) groups is 2. The smallest absolute Gasteiger partial charge is 0.252 e. The van der Waals surface area contributed by atoms with Gasteiger partial charge in [-0.1, -0.05) is 55.0 Å². The number of benzene rings is 2. The third-order valence-corrected chi connectivity index (χ3v) is 4.54. The van der Waals surface area contributed by atoms with E-state index in [0.29, 0.717) is 18.5 Å². The van der Waals surface area contributed by atoms with Crippen LogP contribution in [0.25, 0.3) is 11.1 Å². The van der Waals surface area contributed by atoms with Crippen LogP contribution in [0.1, 0.15) is 35.7 Å². The first kappa shape index (κ1) is 17.2. The zero-order chi connectivity index (χ0) is 17.8. The lowest BCUT2D eigenvalue weighted by molar-refractivity contribution is -0.127. The summed E-state index contributed by atoms with van der Waals surface area (Å²) in [6.07, 6.45) is 1.32. The van der Waals surface area contributed by atoms with Gasteiger partial charge in [0.1, 0.15) is 0 Å². The first-order valence-electron chi connectivity index (χ1n) is 8.83.